The molecule has 1 aliphatic rings. The normalized spacial score (nSPS) is 16.2. The predicted octanol–water partition coefficient (Wildman–Crippen LogP) is 3.14. The number of benzene rings is 2. The van der Waals surface area contributed by atoms with Gasteiger partial charge >= 0.3 is 5.97 Å². The van der Waals surface area contributed by atoms with E-state index in [0.717, 1.165) is 44.6 Å². The molecule has 2 aromatic carbocycles. The molecule has 0 aromatic heterocycles. The minimum absolute atomic E-state index is 0.341. The molecule has 0 spiro atoms. The third-order valence-electron chi connectivity index (χ3n) is 4.63. The number of piperidine rings is 1. The van der Waals surface area contributed by atoms with Gasteiger partial charge in [0.2, 0.25) is 0 Å². The van der Waals surface area contributed by atoms with Gasteiger partial charge < -0.3 is 10.4 Å². The summed E-state index contributed by atoms with van der Waals surface area (Å²) in [6.07, 6.45) is 2.31. The van der Waals surface area contributed by atoms with Gasteiger partial charge in [-0.3, -0.25) is 4.90 Å². The Kier molecular flexibility index (Phi) is 5.62. The number of hydrogen-bond acceptors (Lipinski definition) is 3. The van der Waals surface area contributed by atoms with Gasteiger partial charge in [-0.2, -0.15) is 0 Å². The van der Waals surface area contributed by atoms with Crippen LogP contribution in [-0.4, -0.2) is 35.1 Å². The van der Waals surface area contributed by atoms with Crippen molar-refractivity contribution in [1.82, 2.24) is 10.2 Å². The fourth-order valence-electron chi connectivity index (χ4n) is 3.16. The lowest BCUT2D eigenvalue weighted by Crippen LogP contribution is -2.41. The minimum Gasteiger partial charge on any atom is -0.478 e. The highest BCUT2D eigenvalue weighted by atomic mass is 16.4. The smallest absolute Gasteiger partial charge is 0.335 e. The predicted molar refractivity (Wildman–Crippen MR) is 95.0 cm³/mol. The number of aromatic carboxylic acids is 1. The maximum absolute atomic E-state index is 10.9. The number of carboxylic acid groups (broad SMARTS) is 1. The average Bonchev–Trinajstić information content (AvgIpc) is 2.62. The zero-order chi connectivity index (χ0) is 16.8. The molecule has 0 radical (unpaired) electrons. The van der Waals surface area contributed by atoms with Crippen molar-refractivity contribution < 1.29 is 9.90 Å². The van der Waals surface area contributed by atoms with Gasteiger partial charge in [0, 0.05) is 19.1 Å². The molecule has 0 bridgehead atoms. The van der Waals surface area contributed by atoms with E-state index in [9.17, 15) is 4.79 Å². The number of nitrogens with one attached hydrogen (secondary N) is 1. The first kappa shape index (κ1) is 16.7. The van der Waals surface area contributed by atoms with E-state index in [0.29, 0.717) is 11.6 Å². The van der Waals surface area contributed by atoms with E-state index in [1.54, 1.807) is 12.1 Å². The highest BCUT2D eigenvalue weighted by Crippen LogP contribution is 2.14. The van der Waals surface area contributed by atoms with Crippen LogP contribution in [0, 0.1) is 0 Å². The monoisotopic (exact) mass is 324 g/mol. The second-order valence-electron chi connectivity index (χ2n) is 6.42. The van der Waals surface area contributed by atoms with Crippen molar-refractivity contribution in [3.63, 3.8) is 0 Å². The SMILES string of the molecule is O=C(O)c1ccc(CNC2CCN(Cc3ccccc3)CC2)cc1. The number of rotatable bonds is 6. The van der Waals surface area contributed by atoms with Crippen LogP contribution < -0.4 is 5.32 Å². The fourth-order valence-corrected chi connectivity index (χ4v) is 3.16. The second kappa shape index (κ2) is 8.08. The van der Waals surface area contributed by atoms with Gasteiger partial charge in [0.25, 0.3) is 0 Å². The molecule has 4 heteroatoms. The van der Waals surface area contributed by atoms with E-state index < -0.39 is 5.97 Å². The van der Waals surface area contributed by atoms with Gasteiger partial charge in [-0.05, 0) is 49.2 Å². The van der Waals surface area contributed by atoms with Crippen molar-refractivity contribution in [2.75, 3.05) is 13.1 Å². The van der Waals surface area contributed by atoms with E-state index in [2.05, 4.69) is 40.5 Å². The quantitative estimate of drug-likeness (QED) is 0.857. The van der Waals surface area contributed by atoms with Crippen LogP contribution in [0.25, 0.3) is 0 Å². The van der Waals surface area contributed by atoms with Crippen LogP contribution in [0.15, 0.2) is 54.6 Å². The summed E-state index contributed by atoms with van der Waals surface area (Å²) in [7, 11) is 0. The lowest BCUT2D eigenvalue weighted by molar-refractivity contribution is 0.0697. The molecular formula is C20H24N2O2. The lowest BCUT2D eigenvalue weighted by Gasteiger charge is -2.32. The number of carboxylic acids is 1. The summed E-state index contributed by atoms with van der Waals surface area (Å²) in [6, 6.07) is 18.3. The molecule has 0 atom stereocenters. The van der Waals surface area contributed by atoms with Gasteiger partial charge in [-0.15, -0.1) is 0 Å². The molecule has 0 unspecified atom stereocenters. The number of nitrogens with zero attached hydrogens (tertiary/aromatic N) is 1. The fraction of sp³-hybridized carbons (Fsp3) is 0.350. The van der Waals surface area contributed by atoms with E-state index in [4.69, 9.17) is 5.11 Å². The summed E-state index contributed by atoms with van der Waals surface area (Å²) in [4.78, 5) is 13.4. The standard InChI is InChI=1S/C20H24N2O2/c23-20(24)18-8-6-16(7-9-18)14-21-19-10-12-22(13-11-19)15-17-4-2-1-3-5-17/h1-9,19,21H,10-15H2,(H,23,24). The summed E-state index contributed by atoms with van der Waals surface area (Å²) in [5, 5.41) is 12.5. The first-order chi connectivity index (χ1) is 11.7. The van der Waals surface area contributed by atoms with Gasteiger partial charge in [0.05, 0.1) is 5.56 Å². The molecule has 1 aliphatic heterocycles. The topological polar surface area (TPSA) is 52.6 Å². The molecular weight excluding hydrogens is 300 g/mol. The van der Waals surface area contributed by atoms with E-state index in [-0.39, 0.29) is 0 Å². The number of carbonyl (C=O) groups is 1. The number of hydrogen-bond donors (Lipinski definition) is 2. The Hall–Kier alpha value is -2.17. The van der Waals surface area contributed by atoms with Crippen molar-refractivity contribution >= 4 is 5.97 Å². The van der Waals surface area contributed by atoms with Crippen LogP contribution >= 0.6 is 0 Å². The van der Waals surface area contributed by atoms with Crippen LogP contribution in [-0.2, 0) is 13.1 Å². The number of likely N-dealkylation sites (tertiary alicyclic amines) is 1. The van der Waals surface area contributed by atoms with Gasteiger partial charge in [0.15, 0.2) is 0 Å². The largest absolute Gasteiger partial charge is 0.478 e. The van der Waals surface area contributed by atoms with Crippen molar-refractivity contribution in [3.05, 3.63) is 71.3 Å². The zero-order valence-electron chi connectivity index (χ0n) is 13.8. The molecule has 1 fully saturated rings. The molecule has 2 N–H and O–H groups in total. The highest BCUT2D eigenvalue weighted by molar-refractivity contribution is 5.87. The second-order valence-corrected chi connectivity index (χ2v) is 6.42. The van der Waals surface area contributed by atoms with Crippen molar-refractivity contribution in [2.45, 2.75) is 32.0 Å². The van der Waals surface area contributed by atoms with Crippen LogP contribution in [0.5, 0.6) is 0 Å². The highest BCUT2D eigenvalue weighted by Gasteiger charge is 2.18. The average molecular weight is 324 g/mol. The van der Waals surface area contributed by atoms with Gasteiger partial charge in [-0.25, -0.2) is 4.79 Å². The van der Waals surface area contributed by atoms with Crippen molar-refractivity contribution in [2.24, 2.45) is 0 Å². The lowest BCUT2D eigenvalue weighted by atomic mass is 10.0. The summed E-state index contributed by atoms with van der Waals surface area (Å²) in [6.45, 7) is 4.06. The van der Waals surface area contributed by atoms with E-state index in [1.807, 2.05) is 12.1 Å². The van der Waals surface area contributed by atoms with E-state index >= 15 is 0 Å². The van der Waals surface area contributed by atoms with Crippen LogP contribution in [0.3, 0.4) is 0 Å². The van der Waals surface area contributed by atoms with Crippen molar-refractivity contribution in [1.29, 1.82) is 0 Å². The first-order valence-electron chi connectivity index (χ1n) is 8.52. The Morgan fingerprint density at radius 1 is 1.00 bits per heavy atom. The summed E-state index contributed by atoms with van der Waals surface area (Å²) >= 11 is 0. The molecule has 2 aromatic rings. The Morgan fingerprint density at radius 3 is 2.29 bits per heavy atom. The van der Waals surface area contributed by atoms with Crippen LogP contribution in [0.1, 0.15) is 34.3 Å². The molecule has 126 valence electrons. The molecule has 0 amide bonds. The minimum atomic E-state index is -0.875. The summed E-state index contributed by atoms with van der Waals surface area (Å²) in [5.41, 5.74) is 2.85. The molecule has 4 nitrogen and oxygen atoms in total. The van der Waals surface area contributed by atoms with Gasteiger partial charge in [0.1, 0.15) is 0 Å². The summed E-state index contributed by atoms with van der Waals surface area (Å²) < 4.78 is 0. The Bertz CT molecular complexity index is 647. The third-order valence-corrected chi connectivity index (χ3v) is 4.63. The maximum Gasteiger partial charge on any atom is 0.335 e. The maximum atomic E-state index is 10.9. The molecule has 1 saturated heterocycles. The molecule has 3 rings (SSSR count). The van der Waals surface area contributed by atoms with Crippen LogP contribution in [0.4, 0.5) is 0 Å². The third kappa shape index (κ3) is 4.66. The molecule has 0 saturated carbocycles. The van der Waals surface area contributed by atoms with E-state index in [1.165, 1.54) is 5.56 Å². The van der Waals surface area contributed by atoms with Crippen LogP contribution in [0.2, 0.25) is 0 Å². The molecule has 0 aliphatic carbocycles. The Morgan fingerprint density at radius 2 is 1.67 bits per heavy atom. The zero-order valence-corrected chi connectivity index (χ0v) is 13.8. The summed E-state index contributed by atoms with van der Waals surface area (Å²) in [5.74, 6) is -0.875. The molecule has 24 heavy (non-hydrogen) atoms. The Labute approximate surface area is 143 Å². The first-order valence-corrected chi connectivity index (χ1v) is 8.52. The molecule has 1 heterocycles. The van der Waals surface area contributed by atoms with Gasteiger partial charge in [-0.1, -0.05) is 42.5 Å². The van der Waals surface area contributed by atoms with Crippen molar-refractivity contribution in [3.8, 4) is 0 Å². The Balaban J connectivity index is 1.41.